The van der Waals surface area contributed by atoms with Crippen molar-refractivity contribution in [2.45, 2.75) is 32.6 Å². The van der Waals surface area contributed by atoms with E-state index in [4.69, 9.17) is 4.74 Å². The Kier molecular flexibility index (Phi) is 4.83. The monoisotopic (exact) mass is 262 g/mol. The summed E-state index contributed by atoms with van der Waals surface area (Å²) < 4.78 is 5.57. The van der Waals surface area contributed by atoms with Crippen LogP contribution >= 0.6 is 0 Å². The Morgan fingerprint density at radius 2 is 2.00 bits per heavy atom. The van der Waals surface area contributed by atoms with Crippen LogP contribution in [0.3, 0.4) is 0 Å². The quantitative estimate of drug-likeness (QED) is 0.738. The van der Waals surface area contributed by atoms with E-state index < -0.39 is 0 Å². The van der Waals surface area contributed by atoms with Gasteiger partial charge in [-0.3, -0.25) is 0 Å². The van der Waals surface area contributed by atoms with E-state index in [-0.39, 0.29) is 5.41 Å². The zero-order valence-electron chi connectivity index (χ0n) is 12.4. The zero-order chi connectivity index (χ0) is 13.7. The summed E-state index contributed by atoms with van der Waals surface area (Å²) in [6.07, 6.45) is 1.05. The third-order valence-electron chi connectivity index (χ3n) is 3.77. The van der Waals surface area contributed by atoms with Gasteiger partial charge in [-0.15, -0.1) is 0 Å². The van der Waals surface area contributed by atoms with Crippen LogP contribution in [-0.2, 0) is 11.8 Å². The summed E-state index contributed by atoms with van der Waals surface area (Å²) in [5.74, 6) is 1.07. The minimum atomic E-state index is 0.157. The van der Waals surface area contributed by atoms with Crippen molar-refractivity contribution < 1.29 is 4.74 Å². The topological polar surface area (TPSA) is 33.3 Å². The summed E-state index contributed by atoms with van der Waals surface area (Å²) in [6.45, 7) is 11.6. The Morgan fingerprint density at radius 1 is 1.21 bits per heavy atom. The molecule has 19 heavy (non-hydrogen) atoms. The van der Waals surface area contributed by atoms with Gasteiger partial charge in [0.2, 0.25) is 0 Å². The third-order valence-corrected chi connectivity index (χ3v) is 3.77. The summed E-state index contributed by atoms with van der Waals surface area (Å²) in [6, 6.07) is 6.64. The number of rotatable bonds is 7. The van der Waals surface area contributed by atoms with Gasteiger partial charge < -0.3 is 15.4 Å². The molecule has 2 N–H and O–H groups in total. The summed E-state index contributed by atoms with van der Waals surface area (Å²) in [4.78, 5) is 0. The molecule has 1 aromatic rings. The van der Waals surface area contributed by atoms with Crippen molar-refractivity contribution in [1.29, 1.82) is 0 Å². The van der Waals surface area contributed by atoms with Crippen LogP contribution in [0.4, 0.5) is 0 Å². The minimum absolute atomic E-state index is 0.157. The molecule has 1 aromatic carbocycles. The third kappa shape index (κ3) is 3.71. The molecule has 3 nitrogen and oxygen atoms in total. The van der Waals surface area contributed by atoms with Crippen molar-refractivity contribution >= 4 is 0 Å². The number of benzene rings is 1. The van der Waals surface area contributed by atoms with E-state index in [1.807, 2.05) is 0 Å². The number of fused-ring (bicyclic) bond motifs is 1. The van der Waals surface area contributed by atoms with Crippen LogP contribution in [-0.4, -0.2) is 32.8 Å². The molecule has 0 spiro atoms. The number of hydrogen-bond acceptors (Lipinski definition) is 3. The predicted octanol–water partition coefficient (Wildman–Crippen LogP) is 2.10. The van der Waals surface area contributed by atoms with Gasteiger partial charge in [0.05, 0.1) is 6.61 Å². The highest BCUT2D eigenvalue weighted by Crippen LogP contribution is 2.31. The fourth-order valence-electron chi connectivity index (χ4n) is 2.46. The van der Waals surface area contributed by atoms with Gasteiger partial charge in [-0.05, 0) is 23.7 Å². The first-order chi connectivity index (χ1) is 9.13. The Hall–Kier alpha value is -1.06. The van der Waals surface area contributed by atoms with Crippen LogP contribution in [0, 0.1) is 0 Å². The predicted molar refractivity (Wildman–Crippen MR) is 80.1 cm³/mol. The number of hydrogen-bond donors (Lipinski definition) is 2. The second kappa shape index (κ2) is 6.40. The van der Waals surface area contributed by atoms with Crippen molar-refractivity contribution in [2.24, 2.45) is 0 Å². The molecule has 3 heteroatoms. The van der Waals surface area contributed by atoms with Gasteiger partial charge >= 0.3 is 0 Å². The average molecular weight is 262 g/mol. The van der Waals surface area contributed by atoms with Gasteiger partial charge in [0.15, 0.2) is 0 Å². The highest BCUT2D eigenvalue weighted by Gasteiger charge is 2.22. The van der Waals surface area contributed by atoms with E-state index in [1.165, 1.54) is 11.1 Å². The van der Waals surface area contributed by atoms with Crippen LogP contribution in [0.2, 0.25) is 0 Å². The van der Waals surface area contributed by atoms with Gasteiger partial charge in [-0.25, -0.2) is 0 Å². The largest absolute Gasteiger partial charge is 0.493 e. The average Bonchev–Trinajstić information content (AvgIpc) is 2.85. The number of likely N-dealkylation sites (N-methyl/N-ethyl adjacent to an activating group) is 1. The lowest BCUT2D eigenvalue weighted by molar-refractivity contribution is 0.356. The molecule has 0 aromatic heterocycles. The first-order valence-corrected chi connectivity index (χ1v) is 7.31. The zero-order valence-corrected chi connectivity index (χ0v) is 12.4. The lowest BCUT2D eigenvalue weighted by Crippen LogP contribution is -2.36. The first-order valence-electron chi connectivity index (χ1n) is 7.31. The van der Waals surface area contributed by atoms with E-state index in [9.17, 15) is 0 Å². The Bertz CT molecular complexity index is 415. The minimum Gasteiger partial charge on any atom is -0.493 e. The molecule has 1 aliphatic rings. The van der Waals surface area contributed by atoms with E-state index in [0.717, 1.165) is 45.0 Å². The van der Waals surface area contributed by atoms with Gasteiger partial charge in [-0.1, -0.05) is 32.9 Å². The molecule has 0 fully saturated rings. The van der Waals surface area contributed by atoms with Crippen LogP contribution in [0.15, 0.2) is 18.2 Å². The maximum Gasteiger partial charge on any atom is 0.122 e. The van der Waals surface area contributed by atoms with E-state index in [1.54, 1.807) is 0 Å². The Balaban J connectivity index is 1.91. The molecule has 2 rings (SSSR count). The van der Waals surface area contributed by atoms with Crippen LogP contribution in [0.25, 0.3) is 0 Å². The summed E-state index contributed by atoms with van der Waals surface area (Å²) >= 11 is 0. The highest BCUT2D eigenvalue weighted by molar-refractivity contribution is 5.42. The van der Waals surface area contributed by atoms with E-state index in [2.05, 4.69) is 49.6 Å². The molecule has 106 valence electrons. The number of nitrogens with one attached hydrogen (secondary N) is 2. The molecule has 0 amide bonds. The first kappa shape index (κ1) is 14.4. The molecule has 0 saturated heterocycles. The molecular formula is C16H26N2O. The normalized spacial score (nSPS) is 14.3. The molecular weight excluding hydrogens is 236 g/mol. The molecule has 0 bridgehead atoms. The van der Waals surface area contributed by atoms with Crippen LogP contribution in [0.5, 0.6) is 5.75 Å². The molecule has 0 saturated carbocycles. The SMILES string of the molecule is CCNCCNCC(C)(C)c1ccc2c(c1)CCO2. The summed E-state index contributed by atoms with van der Waals surface area (Å²) in [7, 11) is 0. The Morgan fingerprint density at radius 3 is 2.79 bits per heavy atom. The van der Waals surface area contributed by atoms with Crippen molar-refractivity contribution in [3.8, 4) is 5.75 Å². The fourth-order valence-corrected chi connectivity index (χ4v) is 2.46. The maximum absolute atomic E-state index is 5.57. The molecule has 0 radical (unpaired) electrons. The lowest BCUT2D eigenvalue weighted by atomic mass is 9.83. The number of ether oxygens (including phenoxy) is 1. The van der Waals surface area contributed by atoms with Gasteiger partial charge in [0, 0.05) is 31.5 Å². The van der Waals surface area contributed by atoms with Crippen molar-refractivity contribution in [2.75, 3.05) is 32.8 Å². The second-order valence-corrected chi connectivity index (χ2v) is 5.84. The van der Waals surface area contributed by atoms with E-state index in [0.29, 0.717) is 0 Å². The lowest BCUT2D eigenvalue weighted by Gasteiger charge is -2.26. The van der Waals surface area contributed by atoms with Gasteiger partial charge in [-0.2, -0.15) is 0 Å². The van der Waals surface area contributed by atoms with Crippen LogP contribution in [0.1, 0.15) is 31.9 Å². The smallest absolute Gasteiger partial charge is 0.122 e. The highest BCUT2D eigenvalue weighted by atomic mass is 16.5. The fraction of sp³-hybridized carbons (Fsp3) is 0.625. The van der Waals surface area contributed by atoms with Crippen molar-refractivity contribution in [3.63, 3.8) is 0 Å². The standard InChI is InChI=1S/C16H26N2O/c1-4-17-8-9-18-12-16(2,3)14-5-6-15-13(11-14)7-10-19-15/h5-6,11,17-18H,4,7-10,12H2,1-3H3. The van der Waals surface area contributed by atoms with Gasteiger partial charge in [0.1, 0.15) is 5.75 Å². The molecule has 1 aliphatic heterocycles. The molecule has 0 atom stereocenters. The van der Waals surface area contributed by atoms with Gasteiger partial charge in [0.25, 0.3) is 0 Å². The second-order valence-electron chi connectivity index (χ2n) is 5.84. The van der Waals surface area contributed by atoms with Crippen molar-refractivity contribution in [3.05, 3.63) is 29.3 Å². The van der Waals surface area contributed by atoms with E-state index >= 15 is 0 Å². The van der Waals surface area contributed by atoms with Crippen molar-refractivity contribution in [1.82, 2.24) is 10.6 Å². The Labute approximate surface area is 116 Å². The molecule has 1 heterocycles. The molecule has 0 aliphatic carbocycles. The molecule has 0 unspecified atom stereocenters. The maximum atomic E-state index is 5.57. The summed E-state index contributed by atoms with van der Waals surface area (Å²) in [5, 5.41) is 6.86. The summed E-state index contributed by atoms with van der Waals surface area (Å²) in [5.41, 5.74) is 2.91. The van der Waals surface area contributed by atoms with Crippen LogP contribution < -0.4 is 15.4 Å².